The fourth-order valence-electron chi connectivity index (χ4n) is 0.945. The van der Waals surface area contributed by atoms with Gasteiger partial charge in [-0.1, -0.05) is 0 Å². The summed E-state index contributed by atoms with van der Waals surface area (Å²) in [4.78, 5) is 10.2. The highest BCUT2D eigenvalue weighted by molar-refractivity contribution is 5.74. The lowest BCUT2D eigenvalue weighted by atomic mass is 10.1. The second-order valence-corrected chi connectivity index (χ2v) is 2.28. The van der Waals surface area contributed by atoms with Crippen molar-refractivity contribution in [1.29, 1.82) is 0 Å². The monoisotopic (exact) mass is 164 g/mol. The summed E-state index contributed by atoms with van der Waals surface area (Å²) in [6, 6.07) is -1.02. The molecule has 0 amide bonds. The van der Waals surface area contributed by atoms with Gasteiger partial charge >= 0.3 is 5.97 Å². The third-order valence-corrected chi connectivity index (χ3v) is 1.55. The van der Waals surface area contributed by atoms with E-state index < -0.39 is 24.2 Å². The predicted molar refractivity (Wildman–Crippen MR) is 36.5 cm³/mol. The molecular formula is C5H12N2O4. The third kappa shape index (κ3) is 1.87. The first kappa shape index (κ1) is 10.3. The summed E-state index contributed by atoms with van der Waals surface area (Å²) in [6.07, 6.45) is -2.14. The summed E-state index contributed by atoms with van der Waals surface area (Å²) in [5.41, 5.74) is 0. The van der Waals surface area contributed by atoms with Crippen molar-refractivity contribution in [3.63, 3.8) is 0 Å². The second-order valence-electron chi connectivity index (χ2n) is 2.28. The summed E-state index contributed by atoms with van der Waals surface area (Å²) in [5, 5.41) is 28.6. The summed E-state index contributed by atoms with van der Waals surface area (Å²) >= 11 is 0. The van der Waals surface area contributed by atoms with Gasteiger partial charge in [-0.2, -0.15) is 0 Å². The van der Waals surface area contributed by atoms with E-state index in [0.29, 0.717) is 0 Å². The van der Waals surface area contributed by atoms with Crippen LogP contribution in [-0.4, -0.2) is 46.1 Å². The molecule has 2 unspecified atom stereocenters. The Hall–Kier alpha value is -0.690. The summed E-state index contributed by atoms with van der Waals surface area (Å²) < 4.78 is 0. The SMILES string of the molecule is N.O=C(O)[C@H]1NCC(O)C1O. The van der Waals surface area contributed by atoms with E-state index in [4.69, 9.17) is 15.3 Å². The molecule has 1 rings (SSSR count). The Labute approximate surface area is 63.4 Å². The van der Waals surface area contributed by atoms with Gasteiger partial charge in [0.05, 0.1) is 6.10 Å². The molecule has 1 heterocycles. The van der Waals surface area contributed by atoms with Crippen molar-refractivity contribution in [3.8, 4) is 0 Å². The fourth-order valence-corrected chi connectivity index (χ4v) is 0.945. The molecule has 0 saturated carbocycles. The molecule has 0 spiro atoms. The average molecular weight is 164 g/mol. The van der Waals surface area contributed by atoms with Crippen LogP contribution >= 0.6 is 0 Å². The molecule has 0 bridgehead atoms. The van der Waals surface area contributed by atoms with Crippen LogP contribution in [0.15, 0.2) is 0 Å². The molecule has 7 N–H and O–H groups in total. The standard InChI is InChI=1S/C5H9NO4.H3N/c7-2-1-6-3(4(2)8)5(9)10;/h2-4,6-8H,1H2,(H,9,10);1H3/t2?,3-,4?;/m0./s1. The van der Waals surface area contributed by atoms with E-state index >= 15 is 0 Å². The molecule has 0 aromatic rings. The molecule has 6 heteroatoms. The van der Waals surface area contributed by atoms with Gasteiger partial charge < -0.3 is 21.5 Å². The van der Waals surface area contributed by atoms with Crippen molar-refractivity contribution >= 4 is 5.97 Å². The summed E-state index contributed by atoms with van der Waals surface area (Å²) in [6.45, 7) is 0.137. The van der Waals surface area contributed by atoms with Crippen LogP contribution in [0.2, 0.25) is 0 Å². The maximum absolute atomic E-state index is 10.2. The molecule has 66 valence electrons. The number of aliphatic hydroxyl groups excluding tert-OH is 2. The van der Waals surface area contributed by atoms with Crippen molar-refractivity contribution in [2.75, 3.05) is 6.54 Å². The highest BCUT2D eigenvalue weighted by atomic mass is 16.4. The first-order valence-electron chi connectivity index (χ1n) is 2.95. The van der Waals surface area contributed by atoms with Crippen molar-refractivity contribution in [2.24, 2.45) is 0 Å². The fraction of sp³-hybridized carbons (Fsp3) is 0.800. The highest BCUT2D eigenvalue weighted by Crippen LogP contribution is 2.06. The van der Waals surface area contributed by atoms with Gasteiger partial charge in [0.25, 0.3) is 0 Å². The Bertz CT molecular complexity index is 151. The van der Waals surface area contributed by atoms with Crippen LogP contribution in [-0.2, 0) is 4.79 Å². The molecular weight excluding hydrogens is 152 g/mol. The number of rotatable bonds is 1. The number of carboxylic acids is 1. The number of carboxylic acid groups (broad SMARTS) is 1. The van der Waals surface area contributed by atoms with E-state index in [2.05, 4.69) is 5.32 Å². The van der Waals surface area contributed by atoms with E-state index in [1.807, 2.05) is 0 Å². The lowest BCUT2D eigenvalue weighted by Gasteiger charge is -2.09. The number of nitrogens with one attached hydrogen (secondary N) is 1. The smallest absolute Gasteiger partial charge is 0.323 e. The van der Waals surface area contributed by atoms with Gasteiger partial charge in [-0.25, -0.2) is 0 Å². The van der Waals surface area contributed by atoms with Crippen LogP contribution in [0, 0.1) is 0 Å². The quantitative estimate of drug-likeness (QED) is 0.303. The number of hydrogen-bond donors (Lipinski definition) is 5. The number of aliphatic carboxylic acids is 1. The average Bonchev–Trinajstić information content (AvgIpc) is 2.14. The molecule has 1 saturated heterocycles. The molecule has 3 atom stereocenters. The van der Waals surface area contributed by atoms with Crippen LogP contribution in [0.25, 0.3) is 0 Å². The molecule has 6 nitrogen and oxygen atoms in total. The van der Waals surface area contributed by atoms with Gasteiger partial charge in [0.2, 0.25) is 0 Å². The van der Waals surface area contributed by atoms with Gasteiger partial charge in [-0.3, -0.25) is 10.1 Å². The normalized spacial score (nSPS) is 36.4. The van der Waals surface area contributed by atoms with Gasteiger partial charge in [-0.15, -0.1) is 0 Å². The molecule has 1 aliphatic heterocycles. The maximum Gasteiger partial charge on any atom is 0.323 e. The first-order chi connectivity index (χ1) is 4.63. The molecule has 1 fully saturated rings. The molecule has 0 aromatic heterocycles. The van der Waals surface area contributed by atoms with E-state index in [1.165, 1.54) is 0 Å². The molecule has 11 heavy (non-hydrogen) atoms. The number of carbonyl (C=O) groups is 1. The number of hydrogen-bond acceptors (Lipinski definition) is 5. The van der Waals surface area contributed by atoms with Crippen LogP contribution in [0.1, 0.15) is 0 Å². The van der Waals surface area contributed by atoms with Gasteiger partial charge in [0.15, 0.2) is 0 Å². The molecule has 0 aliphatic carbocycles. The van der Waals surface area contributed by atoms with E-state index in [1.54, 1.807) is 0 Å². The third-order valence-electron chi connectivity index (χ3n) is 1.55. The maximum atomic E-state index is 10.2. The van der Waals surface area contributed by atoms with E-state index in [-0.39, 0.29) is 12.7 Å². The van der Waals surface area contributed by atoms with Crippen LogP contribution < -0.4 is 11.5 Å². The zero-order chi connectivity index (χ0) is 7.72. The molecule has 0 aromatic carbocycles. The minimum absolute atomic E-state index is 0. The second kappa shape index (κ2) is 3.63. The zero-order valence-electron chi connectivity index (χ0n) is 5.90. The van der Waals surface area contributed by atoms with Crippen molar-refractivity contribution in [2.45, 2.75) is 18.2 Å². The van der Waals surface area contributed by atoms with Crippen molar-refractivity contribution in [3.05, 3.63) is 0 Å². The number of aliphatic hydroxyl groups is 2. The van der Waals surface area contributed by atoms with Crippen LogP contribution in [0.5, 0.6) is 0 Å². The largest absolute Gasteiger partial charge is 0.480 e. The minimum Gasteiger partial charge on any atom is -0.480 e. The lowest BCUT2D eigenvalue weighted by molar-refractivity contribution is -0.142. The minimum atomic E-state index is -1.18. The Kier molecular flexibility index (Phi) is 3.40. The lowest BCUT2D eigenvalue weighted by Crippen LogP contribution is -2.39. The first-order valence-corrected chi connectivity index (χ1v) is 2.95. The number of β-amino-alcohol motifs (C(OH)–C–C–N with tert-alkyl or cyclic N) is 1. The Morgan fingerprint density at radius 2 is 2.00 bits per heavy atom. The van der Waals surface area contributed by atoms with Crippen LogP contribution in [0.3, 0.4) is 0 Å². The van der Waals surface area contributed by atoms with Gasteiger partial charge in [0.1, 0.15) is 12.1 Å². The predicted octanol–water partition coefficient (Wildman–Crippen LogP) is -2.07. The van der Waals surface area contributed by atoms with E-state index in [9.17, 15) is 4.79 Å². The molecule has 0 radical (unpaired) electrons. The van der Waals surface area contributed by atoms with E-state index in [0.717, 1.165) is 0 Å². The Morgan fingerprint density at radius 3 is 2.18 bits per heavy atom. The van der Waals surface area contributed by atoms with Gasteiger partial charge in [-0.05, 0) is 0 Å². The van der Waals surface area contributed by atoms with Crippen LogP contribution in [0.4, 0.5) is 0 Å². The highest BCUT2D eigenvalue weighted by Gasteiger charge is 2.37. The summed E-state index contributed by atoms with van der Waals surface area (Å²) in [7, 11) is 0. The Morgan fingerprint density at radius 1 is 1.45 bits per heavy atom. The Balaban J connectivity index is 0.000001000. The zero-order valence-corrected chi connectivity index (χ0v) is 5.90. The van der Waals surface area contributed by atoms with Gasteiger partial charge in [0, 0.05) is 6.54 Å². The summed E-state index contributed by atoms with van der Waals surface area (Å²) in [5.74, 6) is -1.14. The van der Waals surface area contributed by atoms with Crippen molar-refractivity contribution in [1.82, 2.24) is 11.5 Å². The topological polar surface area (TPSA) is 125 Å². The molecule has 1 aliphatic rings. The van der Waals surface area contributed by atoms with Crippen molar-refractivity contribution < 1.29 is 20.1 Å².